The highest BCUT2D eigenvalue weighted by Crippen LogP contribution is 2.34. The third-order valence-corrected chi connectivity index (χ3v) is 5.46. The van der Waals surface area contributed by atoms with Crippen LogP contribution in [0, 0.1) is 6.92 Å². The van der Waals surface area contributed by atoms with Gasteiger partial charge in [0.1, 0.15) is 5.82 Å². The lowest BCUT2D eigenvalue weighted by molar-refractivity contribution is -0.126. The second kappa shape index (κ2) is 7.93. The molecule has 1 atom stereocenters. The Labute approximate surface area is 167 Å². The van der Waals surface area contributed by atoms with Crippen molar-refractivity contribution < 1.29 is 4.79 Å². The molecule has 0 spiro atoms. The maximum Gasteiger partial charge on any atom is 0.247 e. The highest BCUT2D eigenvalue weighted by atomic mass is 32.1. The van der Waals surface area contributed by atoms with Gasteiger partial charge >= 0.3 is 0 Å². The predicted molar refractivity (Wildman–Crippen MR) is 110 cm³/mol. The largest absolute Gasteiger partial charge is 0.331 e. The van der Waals surface area contributed by atoms with E-state index in [2.05, 4.69) is 15.4 Å². The first kappa shape index (κ1) is 18.4. The molecule has 1 saturated heterocycles. The number of carbonyl (C=O) groups is 1. The molecule has 3 aromatic heterocycles. The molecule has 0 aliphatic carbocycles. The number of aromatic nitrogens is 4. The fourth-order valence-electron chi connectivity index (χ4n) is 3.28. The summed E-state index contributed by atoms with van der Waals surface area (Å²) in [6, 6.07) is 3.96. The number of pyridine rings is 1. The van der Waals surface area contributed by atoms with Crippen LogP contribution in [0.3, 0.4) is 0 Å². The Morgan fingerprint density at radius 1 is 1.36 bits per heavy atom. The molecule has 1 aliphatic heterocycles. The van der Waals surface area contributed by atoms with Crippen LogP contribution in [0.2, 0.25) is 0 Å². The molecule has 0 aromatic carbocycles. The normalized spacial score (nSPS) is 16.8. The van der Waals surface area contributed by atoms with Crippen molar-refractivity contribution in [1.82, 2.24) is 24.6 Å². The number of anilines is 2. The number of nitrogens with one attached hydrogen (secondary N) is 1. The van der Waals surface area contributed by atoms with Crippen molar-refractivity contribution in [2.24, 2.45) is 7.05 Å². The standard InChI is InChI=1S/C20H22N6OS/c1-14-5-7-18(21-10-14)24-20-23-16(13-28-20)17-4-3-9-26(17)19(27)8-6-15-11-22-25(2)12-15/h5-8,10-13,17H,3-4,9H2,1-2H3,(H,21,23,24). The second-order valence-electron chi connectivity index (χ2n) is 6.89. The molecule has 28 heavy (non-hydrogen) atoms. The topological polar surface area (TPSA) is 75.9 Å². The van der Waals surface area contributed by atoms with Crippen LogP contribution < -0.4 is 5.32 Å². The Morgan fingerprint density at radius 3 is 3.00 bits per heavy atom. The first-order valence-corrected chi connectivity index (χ1v) is 10.1. The smallest absolute Gasteiger partial charge is 0.247 e. The quantitative estimate of drug-likeness (QED) is 0.668. The molecule has 0 radical (unpaired) electrons. The minimum absolute atomic E-state index is 0.00839. The predicted octanol–water partition coefficient (Wildman–Crippen LogP) is 3.70. The molecular weight excluding hydrogens is 372 g/mol. The lowest BCUT2D eigenvalue weighted by atomic mass is 10.1. The third-order valence-electron chi connectivity index (χ3n) is 4.69. The number of nitrogens with zero attached hydrogens (tertiary/aromatic N) is 5. The summed E-state index contributed by atoms with van der Waals surface area (Å²) < 4.78 is 1.72. The highest BCUT2D eigenvalue weighted by molar-refractivity contribution is 7.13. The van der Waals surface area contributed by atoms with E-state index in [1.165, 1.54) is 11.3 Å². The van der Waals surface area contributed by atoms with Crippen LogP contribution in [0.1, 0.15) is 35.7 Å². The van der Waals surface area contributed by atoms with Gasteiger partial charge in [-0.1, -0.05) is 6.07 Å². The Balaban J connectivity index is 1.44. The van der Waals surface area contributed by atoms with Crippen LogP contribution in [0.25, 0.3) is 6.08 Å². The van der Waals surface area contributed by atoms with Gasteiger partial charge in [0.25, 0.3) is 0 Å². The van der Waals surface area contributed by atoms with E-state index in [0.717, 1.165) is 47.2 Å². The number of carbonyl (C=O) groups excluding carboxylic acids is 1. The van der Waals surface area contributed by atoms with Gasteiger partial charge in [0.15, 0.2) is 5.13 Å². The van der Waals surface area contributed by atoms with Gasteiger partial charge in [-0.15, -0.1) is 11.3 Å². The summed E-state index contributed by atoms with van der Waals surface area (Å²) in [5, 5.41) is 10.2. The van der Waals surface area contributed by atoms with E-state index in [9.17, 15) is 4.79 Å². The summed E-state index contributed by atoms with van der Waals surface area (Å²) in [4.78, 5) is 23.7. The maximum absolute atomic E-state index is 12.7. The van der Waals surface area contributed by atoms with E-state index in [1.54, 1.807) is 17.0 Å². The minimum Gasteiger partial charge on any atom is -0.331 e. The SMILES string of the molecule is Cc1ccc(Nc2nc(C3CCCN3C(=O)C=Cc3cnn(C)c3)cs2)nc1. The molecule has 144 valence electrons. The van der Waals surface area contributed by atoms with Gasteiger partial charge in [0.05, 0.1) is 17.9 Å². The molecule has 1 unspecified atom stereocenters. The van der Waals surface area contributed by atoms with Crippen LogP contribution in [0.15, 0.2) is 42.2 Å². The van der Waals surface area contributed by atoms with Crippen molar-refractivity contribution >= 4 is 34.3 Å². The molecule has 8 heteroatoms. The van der Waals surface area contributed by atoms with Crippen LogP contribution in [0.5, 0.6) is 0 Å². The molecule has 1 aliphatic rings. The Bertz CT molecular complexity index is 990. The van der Waals surface area contributed by atoms with Gasteiger partial charge in [-0.05, 0) is 37.5 Å². The average Bonchev–Trinajstić information content (AvgIpc) is 3.42. The summed E-state index contributed by atoms with van der Waals surface area (Å²) >= 11 is 1.53. The van der Waals surface area contributed by atoms with Gasteiger partial charge in [0, 0.05) is 43.0 Å². The Kier molecular flexibility index (Phi) is 5.21. The molecule has 1 amide bonds. The zero-order valence-electron chi connectivity index (χ0n) is 15.9. The van der Waals surface area contributed by atoms with Gasteiger partial charge in [0.2, 0.25) is 5.91 Å². The number of likely N-dealkylation sites (tertiary alicyclic amines) is 1. The number of hydrogen-bond donors (Lipinski definition) is 1. The van der Waals surface area contributed by atoms with Crippen molar-refractivity contribution in [1.29, 1.82) is 0 Å². The Hall–Kier alpha value is -3.00. The van der Waals surface area contributed by atoms with E-state index in [4.69, 9.17) is 4.98 Å². The van der Waals surface area contributed by atoms with E-state index in [0.29, 0.717) is 0 Å². The first-order chi connectivity index (χ1) is 13.6. The molecular formula is C20H22N6OS. The Morgan fingerprint density at radius 2 is 2.25 bits per heavy atom. The lowest BCUT2D eigenvalue weighted by Crippen LogP contribution is -2.29. The van der Waals surface area contributed by atoms with Gasteiger partial charge in [-0.25, -0.2) is 9.97 Å². The number of amides is 1. The fourth-order valence-corrected chi connectivity index (χ4v) is 4.04. The van der Waals surface area contributed by atoms with Gasteiger partial charge in [-0.2, -0.15) is 5.10 Å². The van der Waals surface area contributed by atoms with Crippen LogP contribution in [0.4, 0.5) is 10.9 Å². The van der Waals surface area contributed by atoms with Crippen molar-refractivity contribution in [3.63, 3.8) is 0 Å². The zero-order valence-corrected chi connectivity index (χ0v) is 16.7. The average molecular weight is 395 g/mol. The number of rotatable bonds is 5. The second-order valence-corrected chi connectivity index (χ2v) is 7.75. The third kappa shape index (κ3) is 4.12. The molecule has 1 N–H and O–H groups in total. The lowest BCUT2D eigenvalue weighted by Gasteiger charge is -2.21. The van der Waals surface area contributed by atoms with Crippen LogP contribution in [-0.4, -0.2) is 37.1 Å². The molecule has 4 rings (SSSR count). The summed E-state index contributed by atoms with van der Waals surface area (Å²) in [6.45, 7) is 2.76. The van der Waals surface area contributed by atoms with Gasteiger partial charge < -0.3 is 10.2 Å². The number of hydrogen-bond acceptors (Lipinski definition) is 6. The minimum atomic E-state index is 0.00839. The van der Waals surface area contributed by atoms with Crippen LogP contribution in [-0.2, 0) is 11.8 Å². The molecule has 0 saturated carbocycles. The van der Waals surface area contributed by atoms with Crippen molar-refractivity contribution in [2.45, 2.75) is 25.8 Å². The monoisotopic (exact) mass is 394 g/mol. The van der Waals surface area contributed by atoms with Crippen molar-refractivity contribution in [2.75, 3.05) is 11.9 Å². The zero-order chi connectivity index (χ0) is 19.5. The first-order valence-electron chi connectivity index (χ1n) is 9.21. The fraction of sp³-hybridized carbons (Fsp3) is 0.300. The number of aryl methyl sites for hydroxylation is 2. The number of thiazole rings is 1. The summed E-state index contributed by atoms with van der Waals surface area (Å²) in [7, 11) is 1.86. The summed E-state index contributed by atoms with van der Waals surface area (Å²) in [5.41, 5.74) is 2.96. The summed E-state index contributed by atoms with van der Waals surface area (Å²) in [5.74, 6) is 0.777. The maximum atomic E-state index is 12.7. The molecule has 3 aromatic rings. The van der Waals surface area contributed by atoms with Crippen molar-refractivity contribution in [3.8, 4) is 0 Å². The molecule has 7 nitrogen and oxygen atoms in total. The van der Waals surface area contributed by atoms with Gasteiger partial charge in [-0.3, -0.25) is 9.48 Å². The van der Waals surface area contributed by atoms with Crippen molar-refractivity contribution in [3.05, 3.63) is 59.0 Å². The van der Waals surface area contributed by atoms with E-state index >= 15 is 0 Å². The molecule has 4 heterocycles. The van der Waals surface area contributed by atoms with Crippen LogP contribution >= 0.6 is 11.3 Å². The van der Waals surface area contributed by atoms with E-state index < -0.39 is 0 Å². The van der Waals surface area contributed by atoms with E-state index in [1.807, 2.05) is 54.9 Å². The highest BCUT2D eigenvalue weighted by Gasteiger charge is 2.30. The summed E-state index contributed by atoms with van der Waals surface area (Å²) in [6.07, 6.45) is 10.8. The molecule has 1 fully saturated rings. The van der Waals surface area contributed by atoms with E-state index in [-0.39, 0.29) is 11.9 Å². The molecule has 0 bridgehead atoms.